The van der Waals surface area contributed by atoms with E-state index in [2.05, 4.69) is 11.9 Å². The van der Waals surface area contributed by atoms with Crippen LogP contribution in [0.2, 0.25) is 0 Å². The van der Waals surface area contributed by atoms with Gasteiger partial charge < -0.3 is 26.4 Å². The molecule has 0 spiro atoms. The van der Waals surface area contributed by atoms with Crippen LogP contribution in [0.4, 0.5) is 6.01 Å². The lowest BCUT2D eigenvalue weighted by Crippen LogP contribution is -2.23. The molecule has 0 saturated heterocycles. The molecule has 0 aliphatic heterocycles. The quantitative estimate of drug-likeness (QED) is 0.644. The Morgan fingerprint density at radius 3 is 2.30 bits per heavy atom. The molecule has 172 valence electrons. The number of oxazole rings is 1. The molecular weight excluding hydrogens is 376 g/mol. The molecule has 0 radical (unpaired) electrons. The maximum absolute atomic E-state index is 5.71. The summed E-state index contributed by atoms with van der Waals surface area (Å²) in [6, 6.07) is 6.01. The Hall–Kier alpha value is -1.63. The van der Waals surface area contributed by atoms with Crippen LogP contribution in [0.25, 0.3) is 11.1 Å². The highest BCUT2D eigenvalue weighted by molar-refractivity contribution is 5.74. The molecular formula is C24H44N4O2. The minimum absolute atomic E-state index is 0. The van der Waals surface area contributed by atoms with E-state index in [-0.39, 0.29) is 19.5 Å². The number of rotatable bonds is 5. The van der Waals surface area contributed by atoms with Crippen molar-refractivity contribution < 1.29 is 9.15 Å². The molecule has 2 saturated carbocycles. The average Bonchev–Trinajstić information content (AvgIpc) is 3.41. The van der Waals surface area contributed by atoms with E-state index in [1.54, 1.807) is 0 Å². The van der Waals surface area contributed by atoms with Crippen LogP contribution < -0.4 is 17.2 Å². The Morgan fingerprint density at radius 2 is 1.80 bits per heavy atom. The highest BCUT2D eigenvalue weighted by Crippen LogP contribution is 2.52. The van der Waals surface area contributed by atoms with Crippen LogP contribution in [-0.2, 0) is 4.74 Å². The number of nitrogens with zero attached hydrogens (tertiary/aromatic N) is 1. The predicted octanol–water partition coefficient (Wildman–Crippen LogP) is 4.74. The van der Waals surface area contributed by atoms with Crippen molar-refractivity contribution in [1.29, 1.82) is 0 Å². The van der Waals surface area contributed by atoms with Gasteiger partial charge in [-0.05, 0) is 87.9 Å². The van der Waals surface area contributed by atoms with Gasteiger partial charge in [-0.25, -0.2) is 0 Å². The van der Waals surface area contributed by atoms with Crippen LogP contribution in [0.3, 0.4) is 0 Å². The molecule has 2 aromatic rings. The fourth-order valence-electron chi connectivity index (χ4n) is 4.70. The van der Waals surface area contributed by atoms with Gasteiger partial charge in [0.1, 0.15) is 5.52 Å². The molecule has 2 fully saturated rings. The molecule has 1 aromatic heterocycles. The van der Waals surface area contributed by atoms with E-state index in [0.717, 1.165) is 53.5 Å². The van der Waals surface area contributed by atoms with Crippen LogP contribution in [0.15, 0.2) is 22.6 Å². The van der Waals surface area contributed by atoms with Gasteiger partial charge in [-0.15, -0.1) is 0 Å². The lowest BCUT2D eigenvalue weighted by molar-refractivity contribution is 0.0826. The van der Waals surface area contributed by atoms with Crippen molar-refractivity contribution in [3.63, 3.8) is 0 Å². The van der Waals surface area contributed by atoms with E-state index in [0.29, 0.717) is 6.54 Å². The highest BCUT2D eigenvalue weighted by Gasteiger charge is 2.43. The number of ether oxygens (including phenoxy) is 1. The van der Waals surface area contributed by atoms with E-state index in [1.807, 2.05) is 39.0 Å². The smallest absolute Gasteiger partial charge is 0.292 e. The zero-order chi connectivity index (χ0) is 21.4. The highest BCUT2D eigenvalue weighted by atomic mass is 16.5. The first-order chi connectivity index (χ1) is 13.9. The Labute approximate surface area is 182 Å². The molecule has 30 heavy (non-hydrogen) atoms. The predicted molar refractivity (Wildman–Crippen MR) is 127 cm³/mol. The van der Waals surface area contributed by atoms with Gasteiger partial charge in [0.2, 0.25) is 0 Å². The number of nitrogens with two attached hydrogens (primary N) is 3. The van der Waals surface area contributed by atoms with Gasteiger partial charge in [-0.2, -0.15) is 4.98 Å². The molecule has 4 rings (SSSR count). The van der Waals surface area contributed by atoms with Gasteiger partial charge in [0.15, 0.2) is 5.58 Å². The Morgan fingerprint density at radius 1 is 1.13 bits per heavy atom. The molecule has 2 aliphatic carbocycles. The zero-order valence-corrected chi connectivity index (χ0v) is 18.6. The summed E-state index contributed by atoms with van der Waals surface area (Å²) in [5.41, 5.74) is 19.0. The third kappa shape index (κ3) is 7.25. The standard InChI is InChI=1S/C10H19N.C8H8N2O.C5H13NO.CH4/c1-2-7-3-9-4-8(7)5-10(9)6-11;1-5-2-3-6-7(4-5)11-8(9)10-6;1-3-7-5(2)4-6;/h7-10H,2-6,11H2,1H3;2-4H,1H3,(H2,9,10);5H,3-4,6H2,1-2H3;1H4. The maximum Gasteiger partial charge on any atom is 0.292 e. The Balaban J connectivity index is 0.000000229. The molecule has 1 aromatic carbocycles. The second-order valence-corrected chi connectivity index (χ2v) is 8.42. The number of anilines is 1. The first-order valence-corrected chi connectivity index (χ1v) is 11.1. The van der Waals surface area contributed by atoms with Crippen molar-refractivity contribution >= 4 is 17.1 Å². The summed E-state index contributed by atoms with van der Waals surface area (Å²) < 4.78 is 10.2. The maximum atomic E-state index is 5.71. The summed E-state index contributed by atoms with van der Waals surface area (Å²) in [4.78, 5) is 3.97. The van der Waals surface area contributed by atoms with E-state index in [1.165, 1.54) is 25.7 Å². The molecule has 5 atom stereocenters. The Kier molecular flexibility index (Phi) is 11.4. The number of aromatic nitrogens is 1. The summed E-state index contributed by atoms with van der Waals surface area (Å²) in [7, 11) is 0. The van der Waals surface area contributed by atoms with Crippen LogP contribution >= 0.6 is 0 Å². The first kappa shape index (κ1) is 26.4. The lowest BCUT2D eigenvalue weighted by atomic mass is 9.81. The van der Waals surface area contributed by atoms with Crippen molar-refractivity contribution in [3.8, 4) is 0 Å². The average molecular weight is 421 g/mol. The van der Waals surface area contributed by atoms with Crippen molar-refractivity contribution in [2.75, 3.05) is 25.4 Å². The van der Waals surface area contributed by atoms with Crippen molar-refractivity contribution in [2.45, 2.75) is 66.9 Å². The van der Waals surface area contributed by atoms with Crippen LogP contribution in [-0.4, -0.2) is 30.8 Å². The molecule has 5 unspecified atom stereocenters. The number of fused-ring (bicyclic) bond motifs is 3. The van der Waals surface area contributed by atoms with Gasteiger partial charge in [0.25, 0.3) is 6.01 Å². The van der Waals surface area contributed by atoms with Crippen LogP contribution in [0.5, 0.6) is 0 Å². The Bertz CT molecular complexity index is 717. The summed E-state index contributed by atoms with van der Waals surface area (Å²) in [6.07, 6.45) is 6.06. The molecule has 6 heteroatoms. The molecule has 2 aliphatic rings. The van der Waals surface area contributed by atoms with Crippen LogP contribution in [0.1, 0.15) is 59.4 Å². The van der Waals surface area contributed by atoms with Crippen LogP contribution in [0, 0.1) is 30.6 Å². The van der Waals surface area contributed by atoms with Gasteiger partial charge in [0, 0.05) is 13.2 Å². The van der Waals surface area contributed by atoms with E-state index in [4.69, 9.17) is 26.4 Å². The van der Waals surface area contributed by atoms with Gasteiger partial charge in [-0.3, -0.25) is 0 Å². The zero-order valence-electron chi connectivity index (χ0n) is 18.6. The van der Waals surface area contributed by atoms with Crippen molar-refractivity contribution in [2.24, 2.45) is 35.1 Å². The van der Waals surface area contributed by atoms with Crippen molar-refractivity contribution in [3.05, 3.63) is 23.8 Å². The number of nitrogen functional groups attached to an aromatic ring is 1. The third-order valence-corrected chi connectivity index (χ3v) is 6.32. The van der Waals surface area contributed by atoms with Gasteiger partial charge >= 0.3 is 0 Å². The topological polar surface area (TPSA) is 113 Å². The molecule has 0 amide bonds. The molecule has 6 N–H and O–H groups in total. The third-order valence-electron chi connectivity index (χ3n) is 6.32. The van der Waals surface area contributed by atoms with Gasteiger partial charge in [-0.1, -0.05) is 26.8 Å². The van der Waals surface area contributed by atoms with E-state index in [9.17, 15) is 0 Å². The van der Waals surface area contributed by atoms with Gasteiger partial charge in [0.05, 0.1) is 6.10 Å². The second kappa shape index (κ2) is 12.9. The molecule has 1 heterocycles. The summed E-state index contributed by atoms with van der Waals surface area (Å²) in [6.45, 7) is 10.6. The number of hydrogen-bond donors (Lipinski definition) is 3. The normalized spacial score (nSPS) is 25.0. The summed E-state index contributed by atoms with van der Waals surface area (Å²) in [5, 5.41) is 0. The number of aryl methyl sites for hydroxylation is 1. The number of benzene rings is 1. The monoisotopic (exact) mass is 420 g/mol. The summed E-state index contributed by atoms with van der Waals surface area (Å²) >= 11 is 0. The molecule has 6 nitrogen and oxygen atoms in total. The minimum atomic E-state index is 0. The van der Waals surface area contributed by atoms with Crippen molar-refractivity contribution in [1.82, 2.24) is 4.98 Å². The largest absolute Gasteiger partial charge is 0.424 e. The fraction of sp³-hybridized carbons (Fsp3) is 0.708. The minimum Gasteiger partial charge on any atom is -0.424 e. The van der Waals surface area contributed by atoms with E-state index < -0.39 is 0 Å². The summed E-state index contributed by atoms with van der Waals surface area (Å²) in [5.74, 6) is 4.01. The van der Waals surface area contributed by atoms with E-state index >= 15 is 0 Å². The second-order valence-electron chi connectivity index (χ2n) is 8.42. The first-order valence-electron chi connectivity index (χ1n) is 11.1. The SMILES string of the molecule is C.CCC1CC2CC1CC2CN.CCOC(C)CN.Cc1ccc2nc(N)oc2c1. The fourth-order valence-corrected chi connectivity index (χ4v) is 4.70. The lowest BCUT2D eigenvalue weighted by Gasteiger charge is -2.25. The molecule has 2 bridgehead atoms. The number of hydrogen-bond acceptors (Lipinski definition) is 6.